The highest BCUT2D eigenvalue weighted by Crippen LogP contribution is 2.19. The van der Waals surface area contributed by atoms with Gasteiger partial charge in [-0.3, -0.25) is 4.79 Å². The lowest BCUT2D eigenvalue weighted by Crippen LogP contribution is -2.26. The highest BCUT2D eigenvalue weighted by molar-refractivity contribution is 5.96. The first-order valence-electron chi connectivity index (χ1n) is 7.45. The van der Waals surface area contributed by atoms with Gasteiger partial charge in [-0.25, -0.2) is 4.98 Å². The topological polar surface area (TPSA) is 64.4 Å². The van der Waals surface area contributed by atoms with Gasteiger partial charge in [0.25, 0.3) is 5.91 Å². The van der Waals surface area contributed by atoms with Crippen LogP contribution in [0.3, 0.4) is 0 Å². The summed E-state index contributed by atoms with van der Waals surface area (Å²) in [5, 5.41) is 2.86. The third kappa shape index (κ3) is 3.18. The van der Waals surface area contributed by atoms with Crippen LogP contribution in [0.2, 0.25) is 0 Å². The number of methoxy groups -OCH3 is 1. The van der Waals surface area contributed by atoms with Crippen molar-refractivity contribution in [3.05, 3.63) is 59.5 Å². The Morgan fingerprint density at radius 1 is 1.22 bits per heavy atom. The van der Waals surface area contributed by atoms with Crippen molar-refractivity contribution in [2.45, 2.75) is 13.3 Å². The molecule has 0 spiro atoms. The fourth-order valence-corrected chi connectivity index (χ4v) is 2.45. The molecule has 0 unspecified atom stereocenters. The van der Waals surface area contributed by atoms with E-state index < -0.39 is 0 Å². The SMILES string of the molecule is COc1ccccc1C(=O)NCCc1nc2c(C)cccc2o1. The molecule has 1 aromatic heterocycles. The molecule has 0 saturated carbocycles. The third-order valence-electron chi connectivity index (χ3n) is 3.64. The molecule has 1 amide bonds. The molecule has 0 radical (unpaired) electrons. The van der Waals surface area contributed by atoms with Gasteiger partial charge in [0, 0.05) is 13.0 Å². The number of oxazole rings is 1. The molecular weight excluding hydrogens is 292 g/mol. The zero-order valence-corrected chi connectivity index (χ0v) is 13.1. The summed E-state index contributed by atoms with van der Waals surface area (Å²) < 4.78 is 10.9. The van der Waals surface area contributed by atoms with Crippen molar-refractivity contribution in [3.8, 4) is 5.75 Å². The van der Waals surface area contributed by atoms with Crippen LogP contribution in [0.25, 0.3) is 11.1 Å². The first-order chi connectivity index (χ1) is 11.2. The Kier molecular flexibility index (Phi) is 4.28. The summed E-state index contributed by atoms with van der Waals surface area (Å²) in [6.45, 7) is 2.45. The van der Waals surface area contributed by atoms with Gasteiger partial charge in [0.05, 0.1) is 12.7 Å². The molecule has 1 heterocycles. The van der Waals surface area contributed by atoms with Crippen LogP contribution >= 0.6 is 0 Å². The van der Waals surface area contributed by atoms with Crippen molar-refractivity contribution in [1.29, 1.82) is 0 Å². The van der Waals surface area contributed by atoms with Crippen molar-refractivity contribution in [2.24, 2.45) is 0 Å². The summed E-state index contributed by atoms with van der Waals surface area (Å²) in [5.41, 5.74) is 3.24. The molecule has 0 saturated heterocycles. The predicted octanol–water partition coefficient (Wildman–Crippen LogP) is 3.12. The van der Waals surface area contributed by atoms with E-state index in [1.165, 1.54) is 0 Å². The van der Waals surface area contributed by atoms with E-state index >= 15 is 0 Å². The molecule has 2 aromatic carbocycles. The number of aryl methyl sites for hydroxylation is 1. The maximum Gasteiger partial charge on any atom is 0.255 e. The van der Waals surface area contributed by atoms with Crippen molar-refractivity contribution >= 4 is 17.0 Å². The van der Waals surface area contributed by atoms with Gasteiger partial charge in [-0.15, -0.1) is 0 Å². The molecule has 0 atom stereocenters. The van der Waals surface area contributed by atoms with E-state index in [0.29, 0.717) is 30.2 Å². The van der Waals surface area contributed by atoms with Crippen molar-refractivity contribution < 1.29 is 13.9 Å². The largest absolute Gasteiger partial charge is 0.496 e. The van der Waals surface area contributed by atoms with Crippen molar-refractivity contribution in [3.63, 3.8) is 0 Å². The number of fused-ring (bicyclic) bond motifs is 1. The quantitative estimate of drug-likeness (QED) is 0.786. The van der Waals surface area contributed by atoms with Gasteiger partial charge in [-0.2, -0.15) is 0 Å². The molecule has 3 rings (SSSR count). The number of hydrogen-bond acceptors (Lipinski definition) is 4. The number of aromatic nitrogens is 1. The first-order valence-corrected chi connectivity index (χ1v) is 7.45. The van der Waals surface area contributed by atoms with Gasteiger partial charge in [-0.05, 0) is 30.7 Å². The van der Waals surface area contributed by atoms with Gasteiger partial charge in [-0.1, -0.05) is 24.3 Å². The Morgan fingerprint density at radius 3 is 2.83 bits per heavy atom. The van der Waals surface area contributed by atoms with Crippen LogP contribution in [0, 0.1) is 6.92 Å². The van der Waals surface area contributed by atoms with Crippen LogP contribution in [-0.4, -0.2) is 24.5 Å². The first kappa shape index (κ1) is 15.1. The van der Waals surface area contributed by atoms with Gasteiger partial charge in [0.15, 0.2) is 11.5 Å². The summed E-state index contributed by atoms with van der Waals surface area (Å²) in [6.07, 6.45) is 0.537. The summed E-state index contributed by atoms with van der Waals surface area (Å²) in [6, 6.07) is 13.0. The minimum absolute atomic E-state index is 0.172. The Labute approximate surface area is 134 Å². The average Bonchev–Trinajstić information content (AvgIpc) is 2.99. The lowest BCUT2D eigenvalue weighted by atomic mass is 10.2. The highest BCUT2D eigenvalue weighted by atomic mass is 16.5. The fraction of sp³-hybridized carbons (Fsp3) is 0.222. The number of nitrogens with zero attached hydrogens (tertiary/aromatic N) is 1. The van der Waals surface area contributed by atoms with Gasteiger partial charge < -0.3 is 14.5 Å². The Morgan fingerprint density at radius 2 is 2.04 bits per heavy atom. The number of nitrogens with one attached hydrogen (secondary N) is 1. The number of hydrogen-bond donors (Lipinski definition) is 1. The third-order valence-corrected chi connectivity index (χ3v) is 3.64. The van der Waals surface area contributed by atoms with E-state index in [-0.39, 0.29) is 5.91 Å². The van der Waals surface area contributed by atoms with Crippen LogP contribution in [0.4, 0.5) is 0 Å². The van der Waals surface area contributed by atoms with E-state index in [1.807, 2.05) is 31.2 Å². The molecule has 0 bridgehead atoms. The normalized spacial score (nSPS) is 10.7. The molecule has 0 fully saturated rings. The molecule has 5 nitrogen and oxygen atoms in total. The lowest BCUT2D eigenvalue weighted by molar-refractivity contribution is 0.0950. The maximum atomic E-state index is 12.2. The molecule has 0 aliphatic carbocycles. The highest BCUT2D eigenvalue weighted by Gasteiger charge is 2.12. The zero-order valence-electron chi connectivity index (χ0n) is 13.1. The number of para-hydroxylation sites is 2. The molecule has 118 valence electrons. The van der Waals surface area contributed by atoms with Crippen LogP contribution in [-0.2, 0) is 6.42 Å². The van der Waals surface area contributed by atoms with E-state index in [0.717, 1.165) is 16.7 Å². The van der Waals surface area contributed by atoms with Crippen LogP contribution in [0.15, 0.2) is 46.9 Å². The summed E-state index contributed by atoms with van der Waals surface area (Å²) in [4.78, 5) is 16.7. The molecule has 5 heteroatoms. The number of carbonyl (C=O) groups is 1. The molecule has 23 heavy (non-hydrogen) atoms. The Balaban J connectivity index is 1.64. The second kappa shape index (κ2) is 6.52. The summed E-state index contributed by atoms with van der Waals surface area (Å²) in [5.74, 6) is 1.01. The number of rotatable bonds is 5. The summed E-state index contributed by atoms with van der Waals surface area (Å²) in [7, 11) is 1.55. The number of benzene rings is 2. The molecule has 0 aliphatic rings. The number of amides is 1. The molecular formula is C18H18N2O3. The van der Waals surface area contributed by atoms with Gasteiger partial charge in [0.1, 0.15) is 11.3 Å². The van der Waals surface area contributed by atoms with Crippen molar-refractivity contribution in [2.75, 3.05) is 13.7 Å². The van der Waals surface area contributed by atoms with E-state index in [9.17, 15) is 4.79 Å². The Bertz CT molecular complexity index is 839. The predicted molar refractivity (Wildman–Crippen MR) is 87.8 cm³/mol. The second-order valence-corrected chi connectivity index (χ2v) is 5.24. The minimum atomic E-state index is -0.172. The lowest BCUT2D eigenvalue weighted by Gasteiger charge is -2.08. The summed E-state index contributed by atoms with van der Waals surface area (Å²) >= 11 is 0. The van der Waals surface area contributed by atoms with E-state index in [1.54, 1.807) is 25.3 Å². The van der Waals surface area contributed by atoms with Gasteiger partial charge in [0.2, 0.25) is 0 Å². The van der Waals surface area contributed by atoms with Crippen molar-refractivity contribution in [1.82, 2.24) is 10.3 Å². The van der Waals surface area contributed by atoms with Gasteiger partial charge >= 0.3 is 0 Å². The smallest absolute Gasteiger partial charge is 0.255 e. The minimum Gasteiger partial charge on any atom is -0.496 e. The monoisotopic (exact) mass is 310 g/mol. The van der Waals surface area contributed by atoms with E-state index in [4.69, 9.17) is 9.15 Å². The van der Waals surface area contributed by atoms with E-state index in [2.05, 4.69) is 10.3 Å². The molecule has 1 N–H and O–H groups in total. The van der Waals surface area contributed by atoms with Crippen LogP contribution < -0.4 is 10.1 Å². The average molecular weight is 310 g/mol. The maximum absolute atomic E-state index is 12.2. The van der Waals surface area contributed by atoms with Crippen LogP contribution in [0.1, 0.15) is 21.8 Å². The zero-order chi connectivity index (χ0) is 16.2. The number of ether oxygens (including phenoxy) is 1. The Hall–Kier alpha value is -2.82. The standard InChI is InChI=1S/C18H18N2O3/c1-12-6-5-9-15-17(12)20-16(23-15)10-11-19-18(21)13-7-3-4-8-14(13)22-2/h3-9H,10-11H2,1-2H3,(H,19,21). The number of carbonyl (C=O) groups excluding carboxylic acids is 1. The molecule has 0 aliphatic heterocycles. The fourth-order valence-electron chi connectivity index (χ4n) is 2.45. The van der Waals surface area contributed by atoms with Crippen LogP contribution in [0.5, 0.6) is 5.75 Å². The second-order valence-electron chi connectivity index (χ2n) is 5.24. The molecule has 3 aromatic rings.